The Kier molecular flexibility index (Phi) is 8.93. The van der Waals surface area contributed by atoms with Crippen LogP contribution >= 0.6 is 0 Å². The zero-order valence-corrected chi connectivity index (χ0v) is 30.0. The van der Waals surface area contributed by atoms with Crippen LogP contribution < -0.4 is 4.90 Å². The van der Waals surface area contributed by atoms with E-state index in [0.29, 0.717) is 0 Å². The second-order valence-corrected chi connectivity index (χ2v) is 14.1. The average molecular weight is 661 g/mol. The third-order valence-corrected chi connectivity index (χ3v) is 9.86. The van der Waals surface area contributed by atoms with E-state index in [1.165, 1.54) is 32.9 Å². The van der Waals surface area contributed by atoms with Crippen LogP contribution in [-0.2, 0) is 5.41 Å². The quantitative estimate of drug-likeness (QED) is 0.140. The molecule has 0 spiro atoms. The van der Waals surface area contributed by atoms with Gasteiger partial charge in [0.05, 0.1) is 16.7 Å². The van der Waals surface area contributed by atoms with Gasteiger partial charge in [-0.3, -0.25) is 0 Å². The molecule has 0 aliphatic heterocycles. The molecular formula is C49H44N2. The van der Waals surface area contributed by atoms with Crippen molar-refractivity contribution in [3.05, 3.63) is 200 Å². The Balaban J connectivity index is 1.38. The summed E-state index contributed by atoms with van der Waals surface area (Å²) in [5.74, 6) is 0. The summed E-state index contributed by atoms with van der Waals surface area (Å²) >= 11 is 0. The summed E-state index contributed by atoms with van der Waals surface area (Å²) in [7, 11) is 0. The number of fused-ring (bicyclic) bond motifs is 3. The maximum atomic E-state index is 4.28. The van der Waals surface area contributed by atoms with Gasteiger partial charge in [0, 0.05) is 39.0 Å². The van der Waals surface area contributed by atoms with Crippen molar-refractivity contribution in [2.75, 3.05) is 4.90 Å². The largest absolute Gasteiger partial charge is 0.313 e. The standard InChI is InChI=1S/C49H44N2/c1-8-34(3)42(9-2)35(4)50(46-23-17-16-22-43(46)37-18-12-10-13-19-37)41-28-24-36(25-29-41)38-26-30-47-44(32-38)45-33-39(49(5,6)7)27-31-48(45)51(47)40-20-14-11-15-21-40/h8-33H,1-3H2,4-7H3/b42-35-. The smallest absolute Gasteiger partial charge is 0.0541 e. The van der Waals surface area contributed by atoms with Crippen LogP contribution in [0, 0.1) is 0 Å². The summed E-state index contributed by atoms with van der Waals surface area (Å²) in [5, 5.41) is 2.51. The van der Waals surface area contributed by atoms with Gasteiger partial charge in [-0.05, 0) is 94.8 Å². The van der Waals surface area contributed by atoms with E-state index in [-0.39, 0.29) is 5.41 Å². The van der Waals surface area contributed by atoms with Gasteiger partial charge < -0.3 is 9.47 Å². The molecule has 0 aliphatic carbocycles. The normalized spacial score (nSPS) is 12.1. The number of aromatic nitrogens is 1. The Morgan fingerprint density at radius 1 is 0.608 bits per heavy atom. The second-order valence-electron chi connectivity index (χ2n) is 14.1. The topological polar surface area (TPSA) is 8.17 Å². The lowest BCUT2D eigenvalue weighted by atomic mass is 9.86. The van der Waals surface area contributed by atoms with Gasteiger partial charge in [-0.25, -0.2) is 0 Å². The number of allylic oxidation sites excluding steroid dienone is 5. The van der Waals surface area contributed by atoms with Crippen LogP contribution in [-0.4, -0.2) is 4.57 Å². The molecule has 2 nitrogen and oxygen atoms in total. The number of hydrogen-bond acceptors (Lipinski definition) is 1. The number of para-hydroxylation sites is 2. The molecule has 0 unspecified atom stereocenters. The molecular weight excluding hydrogens is 617 g/mol. The first-order chi connectivity index (χ1) is 24.7. The first-order valence-corrected chi connectivity index (χ1v) is 17.5. The van der Waals surface area contributed by atoms with Crippen molar-refractivity contribution in [3.8, 4) is 27.9 Å². The maximum absolute atomic E-state index is 4.28. The summed E-state index contributed by atoms with van der Waals surface area (Å²) in [6, 6.07) is 52.5. The van der Waals surface area contributed by atoms with Gasteiger partial charge in [-0.15, -0.1) is 0 Å². The van der Waals surface area contributed by atoms with Crippen LogP contribution in [0.1, 0.15) is 33.3 Å². The third-order valence-electron chi connectivity index (χ3n) is 9.86. The predicted molar refractivity (Wildman–Crippen MR) is 221 cm³/mol. The van der Waals surface area contributed by atoms with Crippen molar-refractivity contribution in [2.24, 2.45) is 0 Å². The molecule has 0 N–H and O–H groups in total. The van der Waals surface area contributed by atoms with E-state index in [0.717, 1.165) is 50.6 Å². The summed E-state index contributed by atoms with van der Waals surface area (Å²) in [6.07, 6.45) is 3.66. The van der Waals surface area contributed by atoms with Gasteiger partial charge in [0.1, 0.15) is 0 Å². The fraction of sp³-hybridized carbons (Fsp3) is 0.102. The monoisotopic (exact) mass is 660 g/mol. The number of hydrogen-bond donors (Lipinski definition) is 0. The van der Waals surface area contributed by atoms with Crippen LogP contribution in [0.3, 0.4) is 0 Å². The molecule has 0 saturated carbocycles. The zero-order chi connectivity index (χ0) is 35.7. The maximum Gasteiger partial charge on any atom is 0.0541 e. The lowest BCUT2D eigenvalue weighted by molar-refractivity contribution is 0.591. The molecule has 0 fully saturated rings. The molecule has 7 rings (SSSR count). The van der Waals surface area contributed by atoms with Crippen LogP contribution in [0.5, 0.6) is 0 Å². The number of benzene rings is 6. The molecule has 0 bridgehead atoms. The van der Waals surface area contributed by atoms with Crippen molar-refractivity contribution in [1.29, 1.82) is 0 Å². The Morgan fingerprint density at radius 2 is 1.20 bits per heavy atom. The molecule has 0 aliphatic rings. The first-order valence-electron chi connectivity index (χ1n) is 17.5. The fourth-order valence-corrected chi connectivity index (χ4v) is 7.11. The predicted octanol–water partition coefficient (Wildman–Crippen LogP) is 13.8. The number of anilines is 2. The molecule has 250 valence electrons. The summed E-state index contributed by atoms with van der Waals surface area (Å²) in [5.41, 5.74) is 14.5. The van der Waals surface area contributed by atoms with Crippen molar-refractivity contribution in [1.82, 2.24) is 4.57 Å². The van der Waals surface area contributed by atoms with E-state index in [2.05, 4.69) is 202 Å². The zero-order valence-electron chi connectivity index (χ0n) is 30.0. The van der Waals surface area contributed by atoms with Crippen LogP contribution in [0.25, 0.3) is 49.7 Å². The minimum absolute atomic E-state index is 0.0455. The van der Waals surface area contributed by atoms with E-state index in [1.54, 1.807) is 6.08 Å². The van der Waals surface area contributed by atoms with Gasteiger partial charge in [0.25, 0.3) is 0 Å². The SMILES string of the molecule is C=CC(=C)/C(C=C)=C(/C)N(c1ccc(-c2ccc3c(c2)c2cc(C(C)(C)C)ccc2n3-c2ccccc2)cc1)c1ccccc1-c1ccccc1. The van der Waals surface area contributed by atoms with E-state index in [9.17, 15) is 0 Å². The molecule has 0 amide bonds. The number of rotatable bonds is 9. The minimum atomic E-state index is 0.0455. The summed E-state index contributed by atoms with van der Waals surface area (Å²) in [6.45, 7) is 21.4. The summed E-state index contributed by atoms with van der Waals surface area (Å²) < 4.78 is 2.38. The highest BCUT2D eigenvalue weighted by molar-refractivity contribution is 6.10. The van der Waals surface area contributed by atoms with Gasteiger partial charge in [-0.2, -0.15) is 0 Å². The van der Waals surface area contributed by atoms with Gasteiger partial charge in [0.2, 0.25) is 0 Å². The highest BCUT2D eigenvalue weighted by atomic mass is 15.1. The van der Waals surface area contributed by atoms with E-state index in [1.807, 2.05) is 6.08 Å². The van der Waals surface area contributed by atoms with E-state index in [4.69, 9.17) is 0 Å². The van der Waals surface area contributed by atoms with Crippen molar-refractivity contribution in [3.63, 3.8) is 0 Å². The first kappa shape index (κ1) is 33.4. The fourth-order valence-electron chi connectivity index (χ4n) is 7.11. The van der Waals surface area contributed by atoms with Crippen LogP contribution in [0.4, 0.5) is 11.4 Å². The Hall–Kier alpha value is -6.12. The molecule has 1 heterocycles. The van der Waals surface area contributed by atoms with Crippen molar-refractivity contribution < 1.29 is 0 Å². The van der Waals surface area contributed by atoms with Gasteiger partial charge >= 0.3 is 0 Å². The Morgan fingerprint density at radius 3 is 1.84 bits per heavy atom. The van der Waals surface area contributed by atoms with Gasteiger partial charge in [-0.1, -0.05) is 144 Å². The molecule has 0 radical (unpaired) electrons. The Bertz CT molecular complexity index is 2430. The molecule has 0 atom stereocenters. The van der Waals surface area contributed by atoms with Gasteiger partial charge in [0.15, 0.2) is 0 Å². The summed E-state index contributed by atoms with van der Waals surface area (Å²) in [4.78, 5) is 2.31. The highest BCUT2D eigenvalue weighted by Crippen LogP contribution is 2.41. The lowest BCUT2D eigenvalue weighted by Gasteiger charge is -2.30. The van der Waals surface area contributed by atoms with Crippen molar-refractivity contribution in [2.45, 2.75) is 33.1 Å². The average Bonchev–Trinajstić information content (AvgIpc) is 3.49. The third kappa shape index (κ3) is 6.26. The molecule has 7 aromatic rings. The van der Waals surface area contributed by atoms with Crippen LogP contribution in [0.15, 0.2) is 194 Å². The molecule has 51 heavy (non-hydrogen) atoms. The molecule has 6 aromatic carbocycles. The van der Waals surface area contributed by atoms with Crippen LogP contribution in [0.2, 0.25) is 0 Å². The van der Waals surface area contributed by atoms with E-state index < -0.39 is 0 Å². The van der Waals surface area contributed by atoms with E-state index >= 15 is 0 Å². The second kappa shape index (κ2) is 13.7. The molecule has 1 aromatic heterocycles. The van der Waals surface area contributed by atoms with Crippen molar-refractivity contribution >= 4 is 33.2 Å². The highest BCUT2D eigenvalue weighted by Gasteiger charge is 2.21. The molecule has 2 heteroatoms. The molecule has 0 saturated heterocycles. The lowest BCUT2D eigenvalue weighted by Crippen LogP contribution is -2.17. The number of nitrogens with zero attached hydrogens (tertiary/aromatic N) is 2. The Labute approximate surface area is 302 Å². The minimum Gasteiger partial charge on any atom is -0.313 e.